The van der Waals surface area contributed by atoms with Gasteiger partial charge in [0.2, 0.25) is 5.91 Å². The van der Waals surface area contributed by atoms with Crippen LogP contribution in [0.15, 0.2) is 35.3 Å². The molecule has 0 fully saturated rings. The Kier molecular flexibility index (Phi) is 3.67. The topological polar surface area (TPSA) is 81.5 Å². The van der Waals surface area contributed by atoms with Crippen LogP contribution in [0.1, 0.15) is 5.56 Å². The summed E-state index contributed by atoms with van der Waals surface area (Å²) in [5.41, 5.74) is 11.6. The molecule has 0 aliphatic carbocycles. The molecule has 4 nitrogen and oxygen atoms in total. The van der Waals surface area contributed by atoms with Crippen molar-refractivity contribution in [2.24, 2.45) is 16.5 Å². The SMILES string of the molecule is NC(=O)CN=C(N)Cc1ccccc1. The standard InChI is InChI=1S/C10H13N3O/c11-9(13-7-10(12)14)6-8-4-2-1-3-5-8/h1-5H,6-7H2,(H2,11,13)(H2,12,14). The molecule has 1 amide bonds. The minimum atomic E-state index is -0.471. The number of benzene rings is 1. The van der Waals surface area contributed by atoms with Gasteiger partial charge in [0.15, 0.2) is 0 Å². The Labute approximate surface area is 82.6 Å². The Morgan fingerprint density at radius 3 is 2.43 bits per heavy atom. The molecule has 4 heteroatoms. The first-order valence-electron chi connectivity index (χ1n) is 4.29. The second-order valence-electron chi connectivity index (χ2n) is 2.94. The largest absolute Gasteiger partial charge is 0.387 e. The van der Waals surface area contributed by atoms with Crippen LogP contribution in [-0.2, 0) is 11.2 Å². The third-order valence-electron chi connectivity index (χ3n) is 1.67. The van der Waals surface area contributed by atoms with E-state index in [0.29, 0.717) is 12.3 Å². The summed E-state index contributed by atoms with van der Waals surface area (Å²) in [6, 6.07) is 9.69. The van der Waals surface area contributed by atoms with Crippen LogP contribution in [-0.4, -0.2) is 18.3 Å². The highest BCUT2D eigenvalue weighted by atomic mass is 16.1. The number of nitrogens with zero attached hydrogens (tertiary/aromatic N) is 1. The van der Waals surface area contributed by atoms with Gasteiger partial charge < -0.3 is 11.5 Å². The van der Waals surface area contributed by atoms with Crippen LogP contribution in [0.25, 0.3) is 0 Å². The van der Waals surface area contributed by atoms with Gasteiger partial charge in [0.05, 0.1) is 5.84 Å². The second kappa shape index (κ2) is 5.01. The van der Waals surface area contributed by atoms with Crippen molar-refractivity contribution in [1.29, 1.82) is 0 Å². The van der Waals surface area contributed by atoms with E-state index in [4.69, 9.17) is 11.5 Å². The maximum atomic E-state index is 10.4. The molecule has 0 bridgehead atoms. The number of carbonyl (C=O) groups is 1. The van der Waals surface area contributed by atoms with Crippen LogP contribution in [0, 0.1) is 0 Å². The predicted octanol–water partition coefficient (Wildman–Crippen LogP) is 0.0716. The van der Waals surface area contributed by atoms with Crippen molar-refractivity contribution in [2.75, 3.05) is 6.54 Å². The molecule has 0 aliphatic heterocycles. The van der Waals surface area contributed by atoms with Crippen molar-refractivity contribution in [3.63, 3.8) is 0 Å². The number of carbonyl (C=O) groups excluding carboxylic acids is 1. The normalized spacial score (nSPS) is 11.3. The zero-order valence-electron chi connectivity index (χ0n) is 7.81. The van der Waals surface area contributed by atoms with Gasteiger partial charge in [-0.15, -0.1) is 0 Å². The summed E-state index contributed by atoms with van der Waals surface area (Å²) in [6.07, 6.45) is 0.550. The average Bonchev–Trinajstić information content (AvgIpc) is 2.16. The van der Waals surface area contributed by atoms with Gasteiger partial charge in [-0.2, -0.15) is 0 Å². The molecule has 0 spiro atoms. The third-order valence-corrected chi connectivity index (χ3v) is 1.67. The van der Waals surface area contributed by atoms with Gasteiger partial charge in [0.25, 0.3) is 0 Å². The van der Waals surface area contributed by atoms with E-state index >= 15 is 0 Å². The Morgan fingerprint density at radius 2 is 1.86 bits per heavy atom. The number of rotatable bonds is 4. The minimum absolute atomic E-state index is 0.0430. The van der Waals surface area contributed by atoms with Gasteiger partial charge in [0, 0.05) is 6.42 Å². The van der Waals surface area contributed by atoms with Crippen LogP contribution in [0.2, 0.25) is 0 Å². The van der Waals surface area contributed by atoms with E-state index in [9.17, 15) is 4.79 Å². The Bertz CT molecular complexity index is 332. The summed E-state index contributed by atoms with van der Waals surface area (Å²) >= 11 is 0. The number of hydrogen-bond acceptors (Lipinski definition) is 2. The molecule has 0 aromatic heterocycles. The van der Waals surface area contributed by atoms with Crippen molar-refractivity contribution >= 4 is 11.7 Å². The summed E-state index contributed by atoms with van der Waals surface area (Å²) in [7, 11) is 0. The van der Waals surface area contributed by atoms with Crippen LogP contribution in [0.5, 0.6) is 0 Å². The van der Waals surface area contributed by atoms with Gasteiger partial charge in [-0.3, -0.25) is 9.79 Å². The van der Waals surface area contributed by atoms with Crippen molar-refractivity contribution in [1.82, 2.24) is 0 Å². The third kappa shape index (κ3) is 3.71. The number of aliphatic imine (C=N–C) groups is 1. The molecule has 0 heterocycles. The number of amides is 1. The van der Waals surface area contributed by atoms with Crippen molar-refractivity contribution < 1.29 is 4.79 Å². The number of nitrogens with two attached hydrogens (primary N) is 2. The summed E-state index contributed by atoms with van der Waals surface area (Å²) in [6.45, 7) is -0.0430. The fraction of sp³-hybridized carbons (Fsp3) is 0.200. The zero-order valence-corrected chi connectivity index (χ0v) is 7.81. The smallest absolute Gasteiger partial charge is 0.239 e. The highest BCUT2D eigenvalue weighted by Crippen LogP contribution is 1.98. The molecule has 4 N–H and O–H groups in total. The first-order chi connectivity index (χ1) is 6.68. The lowest BCUT2D eigenvalue weighted by atomic mass is 10.1. The quantitative estimate of drug-likeness (QED) is 0.521. The van der Waals surface area contributed by atoms with Crippen molar-refractivity contribution in [3.8, 4) is 0 Å². The van der Waals surface area contributed by atoms with Crippen LogP contribution >= 0.6 is 0 Å². The summed E-state index contributed by atoms with van der Waals surface area (Å²) in [5, 5.41) is 0. The molecule has 0 radical (unpaired) electrons. The number of hydrogen-bond donors (Lipinski definition) is 2. The molecule has 1 rings (SSSR count). The molecule has 0 unspecified atom stereocenters. The second-order valence-corrected chi connectivity index (χ2v) is 2.94. The summed E-state index contributed by atoms with van der Waals surface area (Å²) < 4.78 is 0. The van der Waals surface area contributed by atoms with Gasteiger partial charge >= 0.3 is 0 Å². The molecule has 1 aromatic rings. The van der Waals surface area contributed by atoms with E-state index in [1.54, 1.807) is 0 Å². The van der Waals surface area contributed by atoms with Gasteiger partial charge in [0.1, 0.15) is 6.54 Å². The fourth-order valence-corrected chi connectivity index (χ4v) is 1.04. The Morgan fingerprint density at radius 1 is 1.21 bits per heavy atom. The molecule has 0 saturated carbocycles. The number of amidine groups is 1. The number of primary amides is 1. The van der Waals surface area contributed by atoms with E-state index in [2.05, 4.69) is 4.99 Å². The molecule has 14 heavy (non-hydrogen) atoms. The highest BCUT2D eigenvalue weighted by Gasteiger charge is 1.96. The lowest BCUT2D eigenvalue weighted by molar-refractivity contribution is -0.116. The summed E-state index contributed by atoms with van der Waals surface area (Å²) in [4.78, 5) is 14.3. The molecule has 0 atom stereocenters. The molecule has 1 aromatic carbocycles. The maximum Gasteiger partial charge on any atom is 0.239 e. The average molecular weight is 191 g/mol. The maximum absolute atomic E-state index is 10.4. The highest BCUT2D eigenvalue weighted by molar-refractivity contribution is 5.85. The van der Waals surface area contributed by atoms with Gasteiger partial charge in [-0.05, 0) is 5.56 Å². The Balaban J connectivity index is 2.53. The van der Waals surface area contributed by atoms with Gasteiger partial charge in [-0.1, -0.05) is 30.3 Å². The van der Waals surface area contributed by atoms with Crippen LogP contribution < -0.4 is 11.5 Å². The van der Waals surface area contributed by atoms with E-state index in [1.807, 2.05) is 30.3 Å². The van der Waals surface area contributed by atoms with E-state index in [1.165, 1.54) is 0 Å². The molecular weight excluding hydrogens is 178 g/mol. The van der Waals surface area contributed by atoms with E-state index < -0.39 is 5.91 Å². The molecule has 0 aliphatic rings. The predicted molar refractivity (Wildman–Crippen MR) is 55.8 cm³/mol. The first-order valence-corrected chi connectivity index (χ1v) is 4.29. The molecular formula is C10H13N3O. The lowest BCUT2D eigenvalue weighted by Gasteiger charge is -1.99. The first kappa shape index (κ1) is 10.2. The Hall–Kier alpha value is -1.84. The fourth-order valence-electron chi connectivity index (χ4n) is 1.04. The lowest BCUT2D eigenvalue weighted by Crippen LogP contribution is -2.20. The monoisotopic (exact) mass is 191 g/mol. The van der Waals surface area contributed by atoms with Crippen molar-refractivity contribution in [2.45, 2.75) is 6.42 Å². The minimum Gasteiger partial charge on any atom is -0.387 e. The van der Waals surface area contributed by atoms with E-state index in [-0.39, 0.29) is 6.54 Å². The molecule has 74 valence electrons. The van der Waals surface area contributed by atoms with Crippen LogP contribution in [0.3, 0.4) is 0 Å². The molecule has 0 saturated heterocycles. The summed E-state index contributed by atoms with van der Waals surface area (Å²) in [5.74, 6) is -0.0454. The van der Waals surface area contributed by atoms with Crippen LogP contribution in [0.4, 0.5) is 0 Å². The van der Waals surface area contributed by atoms with E-state index in [0.717, 1.165) is 5.56 Å². The van der Waals surface area contributed by atoms with Crippen molar-refractivity contribution in [3.05, 3.63) is 35.9 Å². The zero-order chi connectivity index (χ0) is 10.4. The van der Waals surface area contributed by atoms with Gasteiger partial charge in [-0.25, -0.2) is 0 Å².